The Morgan fingerprint density at radius 2 is 2.10 bits per heavy atom. The van der Waals surface area contributed by atoms with Crippen LogP contribution in [0, 0.1) is 0 Å². The van der Waals surface area contributed by atoms with Gasteiger partial charge in [0.25, 0.3) is 0 Å². The summed E-state index contributed by atoms with van der Waals surface area (Å²) in [6.45, 7) is 7.32. The summed E-state index contributed by atoms with van der Waals surface area (Å²) < 4.78 is 0. The van der Waals surface area contributed by atoms with Crippen LogP contribution in [0.3, 0.4) is 0 Å². The van der Waals surface area contributed by atoms with Crippen LogP contribution in [0.5, 0.6) is 0 Å². The van der Waals surface area contributed by atoms with Crippen LogP contribution < -0.4 is 5.73 Å². The van der Waals surface area contributed by atoms with Crippen molar-refractivity contribution >= 4 is 5.84 Å². The molecule has 2 N–H and O–H groups in total. The average molecular weight is 140 g/mol. The molecule has 0 saturated heterocycles. The third kappa shape index (κ3) is 5.09. The standard InChI is InChI=1S/C7H12N2.CH4/c1-4-5-9-7(8)6(2)3;/h4-5H,2H2,1,3H3,(H2,8,9);1H4/b5-4-;. The van der Waals surface area contributed by atoms with Crippen molar-refractivity contribution in [3.63, 3.8) is 0 Å². The molecule has 0 unspecified atom stereocenters. The van der Waals surface area contributed by atoms with Crippen LogP contribution in [0.2, 0.25) is 0 Å². The molecule has 0 aromatic heterocycles. The van der Waals surface area contributed by atoms with Crippen molar-refractivity contribution in [1.29, 1.82) is 0 Å². The molecule has 0 radical (unpaired) electrons. The molecule has 0 aliphatic carbocycles. The summed E-state index contributed by atoms with van der Waals surface area (Å²) in [5.41, 5.74) is 6.20. The zero-order valence-electron chi connectivity index (χ0n) is 5.89. The first-order valence-electron chi connectivity index (χ1n) is 2.78. The van der Waals surface area contributed by atoms with Crippen molar-refractivity contribution in [2.45, 2.75) is 21.3 Å². The van der Waals surface area contributed by atoms with Gasteiger partial charge in [0, 0.05) is 6.20 Å². The Bertz CT molecular complexity index is 155. The summed E-state index contributed by atoms with van der Waals surface area (Å²) in [4.78, 5) is 3.86. The molecule has 0 fully saturated rings. The van der Waals surface area contributed by atoms with E-state index in [1.807, 2.05) is 19.9 Å². The lowest BCUT2D eigenvalue weighted by molar-refractivity contribution is 1.43. The Kier molecular flexibility index (Phi) is 7.12. The number of aliphatic imine (C=N–C) groups is 1. The molecule has 10 heavy (non-hydrogen) atoms. The van der Waals surface area contributed by atoms with Crippen LogP contribution in [0.15, 0.2) is 29.4 Å². The van der Waals surface area contributed by atoms with E-state index in [-0.39, 0.29) is 7.43 Å². The van der Waals surface area contributed by atoms with Gasteiger partial charge < -0.3 is 5.73 Å². The van der Waals surface area contributed by atoms with Gasteiger partial charge in [-0.1, -0.05) is 20.1 Å². The number of amidine groups is 1. The number of hydrogen-bond acceptors (Lipinski definition) is 1. The average Bonchev–Trinajstić information content (AvgIpc) is 1.82. The number of rotatable bonds is 2. The van der Waals surface area contributed by atoms with E-state index >= 15 is 0 Å². The molecule has 0 amide bonds. The normalized spacial score (nSPS) is 11.2. The summed E-state index contributed by atoms with van der Waals surface area (Å²) in [6.07, 6.45) is 3.46. The molecular weight excluding hydrogens is 124 g/mol. The minimum absolute atomic E-state index is 0. The highest BCUT2D eigenvalue weighted by Crippen LogP contribution is 1.86. The number of nitrogens with zero attached hydrogens (tertiary/aromatic N) is 1. The Labute approximate surface area is 63.2 Å². The van der Waals surface area contributed by atoms with Gasteiger partial charge in [0.2, 0.25) is 0 Å². The molecule has 2 nitrogen and oxygen atoms in total. The molecular formula is C8H16N2. The summed E-state index contributed by atoms with van der Waals surface area (Å²) in [5, 5.41) is 0. The van der Waals surface area contributed by atoms with E-state index in [0.717, 1.165) is 5.57 Å². The predicted molar refractivity (Wildman–Crippen MR) is 48.0 cm³/mol. The third-order valence-electron chi connectivity index (χ3n) is 0.800. The SMILES string of the molecule is C.C=C(C)C(N)=N/C=C\C. The Hall–Kier alpha value is -1.05. The molecule has 0 aromatic carbocycles. The van der Waals surface area contributed by atoms with Crippen molar-refractivity contribution in [2.24, 2.45) is 10.7 Å². The summed E-state index contributed by atoms with van der Waals surface area (Å²) in [7, 11) is 0. The molecule has 0 aliphatic heterocycles. The molecule has 0 aliphatic rings. The van der Waals surface area contributed by atoms with Crippen molar-refractivity contribution in [2.75, 3.05) is 0 Å². The van der Waals surface area contributed by atoms with Crippen LogP contribution in [0.1, 0.15) is 21.3 Å². The zero-order valence-corrected chi connectivity index (χ0v) is 5.89. The van der Waals surface area contributed by atoms with Gasteiger partial charge in [-0.25, -0.2) is 4.99 Å². The van der Waals surface area contributed by atoms with Gasteiger partial charge in [0.05, 0.1) is 0 Å². The largest absolute Gasteiger partial charge is 0.384 e. The van der Waals surface area contributed by atoms with E-state index in [2.05, 4.69) is 11.6 Å². The van der Waals surface area contributed by atoms with Crippen molar-refractivity contribution in [3.8, 4) is 0 Å². The fourth-order valence-corrected chi connectivity index (χ4v) is 0.265. The highest BCUT2D eigenvalue weighted by atomic mass is 14.8. The molecule has 0 spiro atoms. The lowest BCUT2D eigenvalue weighted by atomic mass is 10.3. The maximum atomic E-state index is 5.40. The van der Waals surface area contributed by atoms with Gasteiger partial charge in [-0.3, -0.25) is 0 Å². The molecule has 0 atom stereocenters. The summed E-state index contributed by atoms with van der Waals surface area (Å²) in [5.74, 6) is 0.494. The summed E-state index contributed by atoms with van der Waals surface area (Å²) >= 11 is 0. The van der Waals surface area contributed by atoms with Gasteiger partial charge >= 0.3 is 0 Å². The topological polar surface area (TPSA) is 38.4 Å². The fraction of sp³-hybridized carbons (Fsp3) is 0.375. The van der Waals surface area contributed by atoms with Gasteiger partial charge in [0.15, 0.2) is 0 Å². The molecule has 0 saturated carbocycles. The van der Waals surface area contributed by atoms with E-state index in [4.69, 9.17) is 5.73 Å². The lowest BCUT2D eigenvalue weighted by Gasteiger charge is -1.92. The van der Waals surface area contributed by atoms with E-state index in [1.165, 1.54) is 0 Å². The lowest BCUT2D eigenvalue weighted by Crippen LogP contribution is -2.10. The summed E-state index contributed by atoms with van der Waals surface area (Å²) in [6, 6.07) is 0. The molecule has 0 rings (SSSR count). The maximum Gasteiger partial charge on any atom is 0.125 e. The quantitative estimate of drug-likeness (QED) is 0.463. The van der Waals surface area contributed by atoms with E-state index in [9.17, 15) is 0 Å². The van der Waals surface area contributed by atoms with Crippen LogP contribution in [-0.4, -0.2) is 5.84 Å². The minimum Gasteiger partial charge on any atom is -0.384 e. The van der Waals surface area contributed by atoms with E-state index < -0.39 is 0 Å². The number of nitrogens with two attached hydrogens (primary N) is 1. The Morgan fingerprint density at radius 3 is 2.40 bits per heavy atom. The highest BCUT2D eigenvalue weighted by molar-refractivity contribution is 5.96. The first kappa shape index (κ1) is 11.7. The van der Waals surface area contributed by atoms with Crippen LogP contribution in [0.25, 0.3) is 0 Å². The second-order valence-electron chi connectivity index (χ2n) is 1.78. The van der Waals surface area contributed by atoms with Crippen molar-refractivity contribution in [3.05, 3.63) is 24.4 Å². The number of hydrogen-bond donors (Lipinski definition) is 1. The molecule has 58 valence electrons. The predicted octanol–water partition coefficient (Wildman–Crippen LogP) is 2.09. The third-order valence-corrected chi connectivity index (χ3v) is 0.800. The highest BCUT2D eigenvalue weighted by Gasteiger charge is 1.86. The van der Waals surface area contributed by atoms with Crippen LogP contribution >= 0.6 is 0 Å². The maximum absolute atomic E-state index is 5.40. The molecule has 0 heterocycles. The smallest absolute Gasteiger partial charge is 0.125 e. The fourth-order valence-electron chi connectivity index (χ4n) is 0.265. The van der Waals surface area contributed by atoms with Gasteiger partial charge in [-0.05, 0) is 19.4 Å². The molecule has 0 bridgehead atoms. The Morgan fingerprint density at radius 1 is 1.60 bits per heavy atom. The van der Waals surface area contributed by atoms with Gasteiger partial charge in [-0.2, -0.15) is 0 Å². The van der Waals surface area contributed by atoms with Crippen molar-refractivity contribution in [1.82, 2.24) is 0 Å². The van der Waals surface area contributed by atoms with Gasteiger partial charge in [-0.15, -0.1) is 0 Å². The molecule has 0 aromatic rings. The van der Waals surface area contributed by atoms with Crippen LogP contribution in [0.4, 0.5) is 0 Å². The van der Waals surface area contributed by atoms with Gasteiger partial charge in [0.1, 0.15) is 5.84 Å². The van der Waals surface area contributed by atoms with Crippen molar-refractivity contribution < 1.29 is 0 Å². The first-order chi connectivity index (χ1) is 4.18. The zero-order chi connectivity index (χ0) is 7.28. The monoisotopic (exact) mass is 140 g/mol. The number of allylic oxidation sites excluding steroid dienone is 1. The molecule has 2 heteroatoms. The van der Waals surface area contributed by atoms with E-state index in [1.54, 1.807) is 6.20 Å². The van der Waals surface area contributed by atoms with Crippen LogP contribution in [-0.2, 0) is 0 Å². The second-order valence-corrected chi connectivity index (χ2v) is 1.78. The minimum atomic E-state index is 0. The first-order valence-corrected chi connectivity index (χ1v) is 2.78. The van der Waals surface area contributed by atoms with E-state index in [0.29, 0.717) is 5.84 Å². The Balaban J connectivity index is 0. The second kappa shape index (κ2) is 6.08.